The molecule has 0 spiro atoms. The van der Waals surface area contributed by atoms with Crippen LogP contribution in [0.1, 0.15) is 28.7 Å². The van der Waals surface area contributed by atoms with Crippen LogP contribution in [0.25, 0.3) is 11.0 Å². The van der Waals surface area contributed by atoms with Crippen molar-refractivity contribution in [3.05, 3.63) is 64.9 Å². The van der Waals surface area contributed by atoms with Gasteiger partial charge in [0.1, 0.15) is 15.7 Å². The lowest BCUT2D eigenvalue weighted by molar-refractivity contribution is -0.122. The number of nitrogens with one attached hydrogen (secondary N) is 2. The SMILES string of the molecule is Cc1csc(SCc2c(C(=O)Nc3ccc4c(c3)NC(=O)[C@H](C)O4)oc3ccccc23)n1. The third kappa shape index (κ3) is 3.96. The van der Waals surface area contributed by atoms with Gasteiger partial charge in [-0.1, -0.05) is 30.0 Å². The molecule has 2 N–H and O–H groups in total. The summed E-state index contributed by atoms with van der Waals surface area (Å²) in [4.78, 5) is 29.5. The van der Waals surface area contributed by atoms with E-state index in [1.54, 1.807) is 48.2 Å². The van der Waals surface area contributed by atoms with E-state index in [0.717, 1.165) is 21.0 Å². The molecule has 7 nitrogen and oxygen atoms in total. The standard InChI is InChI=1S/C23H19N3O4S2/c1-12-10-31-23(24-12)32-11-16-15-5-3-4-6-18(15)30-20(16)22(28)25-14-7-8-19-17(9-14)26-21(27)13(2)29-19/h3-10,13H,11H2,1-2H3,(H,25,28)(H,26,27)/t13-/m0/s1. The predicted octanol–water partition coefficient (Wildman–Crippen LogP) is 5.46. The Labute approximate surface area is 192 Å². The molecule has 162 valence electrons. The first-order valence-electron chi connectivity index (χ1n) is 9.96. The average Bonchev–Trinajstić information content (AvgIpc) is 3.36. The van der Waals surface area contributed by atoms with Crippen molar-refractivity contribution in [1.29, 1.82) is 0 Å². The fraction of sp³-hybridized carbons (Fsp3) is 0.174. The van der Waals surface area contributed by atoms with E-state index >= 15 is 0 Å². The molecule has 4 aromatic rings. The molecule has 2 aromatic carbocycles. The zero-order valence-electron chi connectivity index (χ0n) is 17.3. The number of rotatable bonds is 5. The molecule has 9 heteroatoms. The van der Waals surface area contributed by atoms with Crippen LogP contribution in [0.4, 0.5) is 11.4 Å². The van der Waals surface area contributed by atoms with Gasteiger partial charge < -0.3 is 19.8 Å². The van der Waals surface area contributed by atoms with E-state index in [0.29, 0.717) is 28.5 Å². The van der Waals surface area contributed by atoms with E-state index in [9.17, 15) is 9.59 Å². The molecule has 5 rings (SSSR count). The second-order valence-electron chi connectivity index (χ2n) is 7.36. The summed E-state index contributed by atoms with van der Waals surface area (Å²) in [6.45, 7) is 3.64. The molecule has 0 aliphatic carbocycles. The van der Waals surface area contributed by atoms with Crippen molar-refractivity contribution < 1.29 is 18.7 Å². The van der Waals surface area contributed by atoms with Gasteiger partial charge in [-0.05, 0) is 38.1 Å². The van der Waals surface area contributed by atoms with Gasteiger partial charge in [0.25, 0.3) is 11.8 Å². The van der Waals surface area contributed by atoms with Crippen molar-refractivity contribution in [2.24, 2.45) is 0 Å². The Morgan fingerprint density at radius 1 is 1.28 bits per heavy atom. The highest BCUT2D eigenvalue weighted by molar-refractivity contribution is 8.00. The van der Waals surface area contributed by atoms with E-state index in [1.807, 2.05) is 36.6 Å². The first-order valence-corrected chi connectivity index (χ1v) is 11.8. The Morgan fingerprint density at radius 3 is 2.94 bits per heavy atom. The lowest BCUT2D eigenvalue weighted by atomic mass is 10.1. The molecule has 2 amide bonds. The Bertz CT molecular complexity index is 1340. The largest absolute Gasteiger partial charge is 0.479 e. The summed E-state index contributed by atoms with van der Waals surface area (Å²) in [5, 5.41) is 8.57. The Kier molecular flexibility index (Phi) is 5.36. The number of fused-ring (bicyclic) bond motifs is 2. The number of benzene rings is 2. The van der Waals surface area contributed by atoms with Crippen LogP contribution in [0.15, 0.2) is 56.6 Å². The zero-order chi connectivity index (χ0) is 22.2. The summed E-state index contributed by atoms with van der Waals surface area (Å²) >= 11 is 3.16. The maximum atomic E-state index is 13.2. The molecule has 0 bridgehead atoms. The Morgan fingerprint density at radius 2 is 2.12 bits per heavy atom. The minimum absolute atomic E-state index is 0.227. The van der Waals surface area contributed by atoms with E-state index in [1.165, 1.54) is 0 Å². The lowest BCUT2D eigenvalue weighted by Crippen LogP contribution is -2.34. The molecule has 0 saturated heterocycles. The van der Waals surface area contributed by atoms with Gasteiger partial charge in [-0.15, -0.1) is 11.3 Å². The van der Waals surface area contributed by atoms with Gasteiger partial charge in [-0.25, -0.2) is 4.98 Å². The summed E-state index contributed by atoms with van der Waals surface area (Å²) in [7, 11) is 0. The highest BCUT2D eigenvalue weighted by Crippen LogP contribution is 2.35. The molecule has 2 aromatic heterocycles. The number of nitrogens with zero attached hydrogens (tertiary/aromatic N) is 1. The van der Waals surface area contributed by atoms with E-state index < -0.39 is 6.10 Å². The molecule has 0 radical (unpaired) electrons. The summed E-state index contributed by atoms with van der Waals surface area (Å²) in [5.41, 5.74) is 3.50. The molecule has 0 fully saturated rings. The van der Waals surface area contributed by atoms with Crippen molar-refractivity contribution in [1.82, 2.24) is 4.98 Å². The quantitative estimate of drug-likeness (QED) is 0.380. The number of hydrogen-bond acceptors (Lipinski definition) is 7. The number of thioether (sulfide) groups is 1. The van der Waals surface area contributed by atoms with E-state index in [-0.39, 0.29) is 17.6 Å². The number of hydrogen-bond donors (Lipinski definition) is 2. The number of carbonyl (C=O) groups excluding carboxylic acids is 2. The molecule has 1 atom stereocenters. The Balaban J connectivity index is 1.42. The summed E-state index contributed by atoms with van der Waals surface area (Å²) in [5.74, 6) is 0.797. The second-order valence-corrected chi connectivity index (χ2v) is 9.44. The minimum atomic E-state index is -0.555. The minimum Gasteiger partial charge on any atom is -0.479 e. The van der Waals surface area contributed by atoms with Crippen LogP contribution in [-0.2, 0) is 10.5 Å². The maximum Gasteiger partial charge on any atom is 0.291 e. The summed E-state index contributed by atoms with van der Waals surface area (Å²) in [6.07, 6.45) is -0.555. The molecule has 0 unspecified atom stereocenters. The van der Waals surface area contributed by atoms with Gasteiger partial charge in [0.15, 0.2) is 11.9 Å². The smallest absolute Gasteiger partial charge is 0.291 e. The summed E-state index contributed by atoms with van der Waals surface area (Å²) < 4.78 is 12.4. The van der Waals surface area contributed by atoms with E-state index in [2.05, 4.69) is 15.6 Å². The van der Waals surface area contributed by atoms with Gasteiger partial charge in [-0.2, -0.15) is 0 Å². The monoisotopic (exact) mass is 465 g/mol. The van der Waals surface area contributed by atoms with Gasteiger partial charge in [-0.3, -0.25) is 9.59 Å². The zero-order valence-corrected chi connectivity index (χ0v) is 18.9. The van der Waals surface area contributed by atoms with Gasteiger partial charge in [0.05, 0.1) is 5.69 Å². The number of carbonyl (C=O) groups is 2. The topological polar surface area (TPSA) is 93.5 Å². The normalized spacial score (nSPS) is 15.2. The number of furan rings is 1. The fourth-order valence-electron chi connectivity index (χ4n) is 3.43. The fourth-order valence-corrected chi connectivity index (χ4v) is 5.31. The van der Waals surface area contributed by atoms with Gasteiger partial charge in [0, 0.05) is 33.5 Å². The number of anilines is 2. The second kappa shape index (κ2) is 8.33. The van der Waals surface area contributed by atoms with Gasteiger partial charge in [0.2, 0.25) is 0 Å². The number of para-hydroxylation sites is 1. The number of ether oxygens (including phenoxy) is 1. The molecular weight excluding hydrogens is 446 g/mol. The molecule has 3 heterocycles. The molecular formula is C23H19N3O4S2. The molecule has 0 saturated carbocycles. The number of thiazole rings is 1. The van der Waals surface area contributed by atoms with Crippen LogP contribution in [-0.4, -0.2) is 22.9 Å². The molecule has 32 heavy (non-hydrogen) atoms. The van der Waals surface area contributed by atoms with Crippen molar-refractivity contribution in [2.45, 2.75) is 30.0 Å². The van der Waals surface area contributed by atoms with Crippen molar-refractivity contribution in [3.8, 4) is 5.75 Å². The van der Waals surface area contributed by atoms with Crippen LogP contribution in [0.5, 0.6) is 5.75 Å². The first-order chi connectivity index (χ1) is 15.5. The first kappa shape index (κ1) is 20.6. The van der Waals surface area contributed by atoms with Crippen LogP contribution in [0.3, 0.4) is 0 Å². The highest BCUT2D eigenvalue weighted by atomic mass is 32.2. The Hall–Kier alpha value is -3.30. The van der Waals surface area contributed by atoms with Crippen LogP contribution in [0.2, 0.25) is 0 Å². The molecule has 1 aliphatic rings. The predicted molar refractivity (Wildman–Crippen MR) is 126 cm³/mol. The maximum absolute atomic E-state index is 13.2. The van der Waals surface area contributed by atoms with Crippen LogP contribution in [0, 0.1) is 6.92 Å². The molecule has 1 aliphatic heterocycles. The van der Waals surface area contributed by atoms with Crippen molar-refractivity contribution >= 4 is 57.3 Å². The average molecular weight is 466 g/mol. The number of aryl methyl sites for hydroxylation is 1. The van der Waals surface area contributed by atoms with Crippen molar-refractivity contribution in [2.75, 3.05) is 10.6 Å². The van der Waals surface area contributed by atoms with Crippen molar-refractivity contribution in [3.63, 3.8) is 0 Å². The van der Waals surface area contributed by atoms with Gasteiger partial charge >= 0.3 is 0 Å². The lowest BCUT2D eigenvalue weighted by Gasteiger charge is -2.23. The van der Waals surface area contributed by atoms with Crippen LogP contribution >= 0.6 is 23.1 Å². The van der Waals surface area contributed by atoms with Crippen LogP contribution < -0.4 is 15.4 Å². The van der Waals surface area contributed by atoms with E-state index in [4.69, 9.17) is 9.15 Å². The number of aromatic nitrogens is 1. The third-order valence-electron chi connectivity index (χ3n) is 5.01. The third-order valence-corrected chi connectivity index (χ3v) is 7.18. The summed E-state index contributed by atoms with van der Waals surface area (Å²) in [6, 6.07) is 12.7. The number of amides is 2. The highest BCUT2D eigenvalue weighted by Gasteiger charge is 2.25.